The fraction of sp³-hybridized carbons (Fsp3) is 0.379. The Labute approximate surface area is 207 Å². The summed E-state index contributed by atoms with van der Waals surface area (Å²) >= 11 is 0. The molecule has 6 nitrogen and oxygen atoms in total. The summed E-state index contributed by atoms with van der Waals surface area (Å²) in [5, 5.41) is 2.21. The first-order valence-electron chi connectivity index (χ1n) is 11.9. The van der Waals surface area contributed by atoms with E-state index in [0.29, 0.717) is 6.54 Å². The molecule has 0 saturated heterocycles. The maximum Gasteiger partial charge on any atom is 0.410 e. The molecular weight excluding hydrogens is 442 g/mol. The van der Waals surface area contributed by atoms with Crippen LogP contribution in [0.3, 0.4) is 0 Å². The molecule has 0 aliphatic carbocycles. The van der Waals surface area contributed by atoms with Crippen LogP contribution in [0.25, 0.3) is 10.8 Å². The highest BCUT2D eigenvalue weighted by atomic mass is 16.6. The Morgan fingerprint density at radius 1 is 0.886 bits per heavy atom. The first-order valence-corrected chi connectivity index (χ1v) is 11.9. The summed E-state index contributed by atoms with van der Waals surface area (Å²) < 4.78 is 16.9. The number of fused-ring (bicyclic) bond motifs is 1. The van der Waals surface area contributed by atoms with Gasteiger partial charge >= 0.3 is 12.1 Å². The van der Waals surface area contributed by atoms with Crippen LogP contribution < -0.4 is 0 Å². The third-order valence-electron chi connectivity index (χ3n) is 5.56. The molecule has 0 saturated carbocycles. The molecule has 0 aromatic heterocycles. The average molecular weight is 478 g/mol. The van der Waals surface area contributed by atoms with Crippen molar-refractivity contribution in [3.63, 3.8) is 0 Å². The van der Waals surface area contributed by atoms with Crippen LogP contribution in [-0.4, -0.2) is 49.4 Å². The van der Waals surface area contributed by atoms with E-state index in [1.165, 1.54) is 0 Å². The number of esters is 1. The van der Waals surface area contributed by atoms with Crippen LogP contribution in [0.4, 0.5) is 4.79 Å². The highest BCUT2D eigenvalue weighted by molar-refractivity contribution is 5.83. The van der Waals surface area contributed by atoms with Crippen LogP contribution in [0.1, 0.15) is 50.8 Å². The van der Waals surface area contributed by atoms with E-state index >= 15 is 0 Å². The first-order chi connectivity index (χ1) is 16.7. The van der Waals surface area contributed by atoms with E-state index < -0.39 is 23.8 Å². The molecule has 2 atom stereocenters. The van der Waals surface area contributed by atoms with Crippen LogP contribution in [0, 0.1) is 0 Å². The van der Waals surface area contributed by atoms with Gasteiger partial charge in [-0.3, -0.25) is 0 Å². The number of hydrogen-bond acceptors (Lipinski definition) is 5. The molecule has 0 aliphatic rings. The summed E-state index contributed by atoms with van der Waals surface area (Å²) in [5.74, 6) is -0.694. The van der Waals surface area contributed by atoms with E-state index in [-0.39, 0.29) is 19.1 Å². The monoisotopic (exact) mass is 477 g/mol. The number of amides is 1. The van der Waals surface area contributed by atoms with Gasteiger partial charge in [0.2, 0.25) is 0 Å². The first kappa shape index (κ1) is 26.2. The molecule has 0 fully saturated rings. The van der Waals surface area contributed by atoms with Crippen molar-refractivity contribution >= 4 is 22.8 Å². The zero-order valence-electron chi connectivity index (χ0n) is 21.2. The van der Waals surface area contributed by atoms with Gasteiger partial charge in [0.25, 0.3) is 0 Å². The fourth-order valence-corrected chi connectivity index (χ4v) is 3.97. The molecule has 0 aliphatic heterocycles. The second-order valence-corrected chi connectivity index (χ2v) is 9.52. The van der Waals surface area contributed by atoms with Crippen molar-refractivity contribution in [1.29, 1.82) is 0 Å². The van der Waals surface area contributed by atoms with E-state index in [1.54, 1.807) is 18.9 Å². The van der Waals surface area contributed by atoms with Crippen LogP contribution in [-0.2, 0) is 19.0 Å². The Kier molecular flexibility index (Phi) is 8.88. The molecule has 186 valence electrons. The van der Waals surface area contributed by atoms with Gasteiger partial charge in [-0.1, -0.05) is 72.8 Å². The Morgan fingerprint density at radius 2 is 1.54 bits per heavy atom. The molecule has 0 unspecified atom stereocenters. The van der Waals surface area contributed by atoms with Crippen LogP contribution in [0.5, 0.6) is 0 Å². The van der Waals surface area contributed by atoms with E-state index in [4.69, 9.17) is 14.2 Å². The van der Waals surface area contributed by atoms with Gasteiger partial charge in [0, 0.05) is 19.5 Å². The van der Waals surface area contributed by atoms with E-state index in [1.807, 2.05) is 63.2 Å². The van der Waals surface area contributed by atoms with Crippen molar-refractivity contribution in [3.05, 3.63) is 83.9 Å². The van der Waals surface area contributed by atoms with Gasteiger partial charge in [0.05, 0.1) is 12.7 Å². The van der Waals surface area contributed by atoms with Gasteiger partial charge in [-0.2, -0.15) is 0 Å². The normalized spacial score (nSPS) is 13.2. The van der Waals surface area contributed by atoms with Gasteiger partial charge in [-0.25, -0.2) is 9.59 Å². The third kappa shape index (κ3) is 7.55. The molecule has 1 amide bonds. The second-order valence-electron chi connectivity index (χ2n) is 9.52. The number of nitrogens with zero attached hydrogens (tertiary/aromatic N) is 1. The zero-order chi connectivity index (χ0) is 25.4. The molecule has 3 aromatic rings. The highest BCUT2D eigenvalue weighted by Crippen LogP contribution is 2.36. The lowest BCUT2D eigenvalue weighted by molar-refractivity contribution is -0.151. The Bertz CT molecular complexity index is 1120. The number of likely N-dealkylation sites (N-methyl/N-ethyl adjacent to an activating group) is 1. The second kappa shape index (κ2) is 11.8. The number of benzene rings is 3. The van der Waals surface area contributed by atoms with E-state index in [2.05, 4.69) is 30.3 Å². The lowest BCUT2D eigenvalue weighted by Gasteiger charge is -2.32. The maximum atomic E-state index is 12.8. The molecule has 3 aromatic carbocycles. The zero-order valence-corrected chi connectivity index (χ0v) is 21.2. The van der Waals surface area contributed by atoms with Crippen LogP contribution in [0.15, 0.2) is 72.8 Å². The van der Waals surface area contributed by atoms with Gasteiger partial charge in [-0.15, -0.1) is 0 Å². The predicted molar refractivity (Wildman–Crippen MR) is 137 cm³/mol. The average Bonchev–Trinajstić information content (AvgIpc) is 2.82. The number of ether oxygens (including phenoxy) is 3. The lowest BCUT2D eigenvalue weighted by Crippen LogP contribution is -2.38. The molecule has 6 heteroatoms. The van der Waals surface area contributed by atoms with Crippen LogP contribution >= 0.6 is 0 Å². The molecule has 0 heterocycles. The lowest BCUT2D eigenvalue weighted by atomic mass is 9.87. The molecular formula is C29H35NO5. The van der Waals surface area contributed by atoms with Crippen molar-refractivity contribution in [1.82, 2.24) is 4.90 Å². The topological polar surface area (TPSA) is 65.1 Å². The summed E-state index contributed by atoms with van der Waals surface area (Å²) in [5.41, 5.74) is 1.30. The standard InChI is InChI=1S/C29H35NO5/c1-6-33-26(31)20-34-27(22-13-8-7-9-14-22)25(19-30(5)28(32)35-29(2,3)4)24-17-16-21-12-10-11-15-23(21)18-24/h7-18,25,27H,6,19-20H2,1-5H3/t25-,27-/m0/s1. The molecule has 0 radical (unpaired) electrons. The molecule has 35 heavy (non-hydrogen) atoms. The van der Waals surface area contributed by atoms with Gasteiger partial charge in [0.1, 0.15) is 12.2 Å². The molecule has 3 rings (SSSR count). The quantitative estimate of drug-likeness (QED) is 0.348. The number of hydrogen-bond donors (Lipinski definition) is 0. The van der Waals surface area contributed by atoms with Crippen molar-refractivity contribution in [2.75, 3.05) is 26.8 Å². The van der Waals surface area contributed by atoms with Crippen molar-refractivity contribution in [2.45, 2.75) is 45.3 Å². The van der Waals surface area contributed by atoms with E-state index in [9.17, 15) is 9.59 Å². The van der Waals surface area contributed by atoms with Crippen molar-refractivity contribution in [3.8, 4) is 0 Å². The Hall–Kier alpha value is -3.38. The minimum atomic E-state index is -0.608. The van der Waals surface area contributed by atoms with Gasteiger partial charge in [-0.05, 0) is 49.6 Å². The summed E-state index contributed by atoms with van der Waals surface area (Å²) in [6.07, 6.45) is -0.910. The largest absolute Gasteiger partial charge is 0.464 e. The fourth-order valence-electron chi connectivity index (χ4n) is 3.97. The molecule has 0 bridgehead atoms. The van der Waals surface area contributed by atoms with Gasteiger partial charge in [0.15, 0.2) is 0 Å². The minimum absolute atomic E-state index is 0.187. The van der Waals surface area contributed by atoms with Crippen molar-refractivity contribution < 1.29 is 23.8 Å². The summed E-state index contributed by atoms with van der Waals surface area (Å²) in [6, 6.07) is 24.1. The minimum Gasteiger partial charge on any atom is -0.464 e. The highest BCUT2D eigenvalue weighted by Gasteiger charge is 2.31. The predicted octanol–water partition coefficient (Wildman–Crippen LogP) is 6.11. The molecule has 0 spiro atoms. The number of carbonyl (C=O) groups excluding carboxylic acids is 2. The van der Waals surface area contributed by atoms with Crippen LogP contribution in [0.2, 0.25) is 0 Å². The van der Waals surface area contributed by atoms with Gasteiger partial charge < -0.3 is 19.1 Å². The maximum absolute atomic E-state index is 12.8. The summed E-state index contributed by atoms with van der Waals surface area (Å²) in [4.78, 5) is 26.6. The smallest absolute Gasteiger partial charge is 0.410 e. The Balaban J connectivity index is 2.01. The molecule has 0 N–H and O–H groups in total. The Morgan fingerprint density at radius 3 is 2.20 bits per heavy atom. The SMILES string of the molecule is CCOC(=O)CO[C@@H](c1ccccc1)[C@@H](CN(C)C(=O)OC(C)(C)C)c1ccc2ccccc2c1. The summed E-state index contributed by atoms with van der Waals surface area (Å²) in [6.45, 7) is 7.72. The number of carbonyl (C=O) groups is 2. The van der Waals surface area contributed by atoms with E-state index in [0.717, 1.165) is 21.9 Å². The summed E-state index contributed by atoms with van der Waals surface area (Å²) in [7, 11) is 1.72. The third-order valence-corrected chi connectivity index (χ3v) is 5.56. The number of rotatable bonds is 9. The van der Waals surface area contributed by atoms with Crippen molar-refractivity contribution in [2.24, 2.45) is 0 Å².